The van der Waals surface area contributed by atoms with Gasteiger partial charge in [0.15, 0.2) is 5.76 Å². The van der Waals surface area contributed by atoms with Crippen LogP contribution < -0.4 is 16.0 Å². The highest BCUT2D eigenvalue weighted by Crippen LogP contribution is 2.11. The van der Waals surface area contributed by atoms with Gasteiger partial charge in [0, 0.05) is 42.3 Å². The molecule has 0 radical (unpaired) electrons. The fourth-order valence-electron chi connectivity index (χ4n) is 2.36. The fraction of sp³-hybridized carbons (Fsp3) is 0.100. The molecule has 0 aliphatic carbocycles. The largest absolute Gasteiger partial charge is 0.459 e. The number of hydrogen-bond acceptors (Lipinski definition) is 5. The lowest BCUT2D eigenvalue weighted by atomic mass is 10.2. The van der Waals surface area contributed by atoms with Gasteiger partial charge in [-0.05, 0) is 48.5 Å². The predicted octanol–water partition coefficient (Wildman–Crippen LogP) is 2.09. The quantitative estimate of drug-likeness (QED) is 0.545. The Morgan fingerprint density at radius 2 is 1.43 bits per heavy atom. The molecule has 3 amide bonds. The van der Waals surface area contributed by atoms with E-state index in [2.05, 4.69) is 20.9 Å². The number of carbonyl (C=O) groups is 3. The van der Waals surface area contributed by atoms with Crippen molar-refractivity contribution in [1.29, 1.82) is 0 Å². The molecule has 0 saturated carbocycles. The highest BCUT2D eigenvalue weighted by Gasteiger charge is 2.09. The fourth-order valence-corrected chi connectivity index (χ4v) is 2.36. The first-order valence-corrected chi connectivity index (χ1v) is 8.55. The Labute approximate surface area is 161 Å². The first-order chi connectivity index (χ1) is 13.6. The Balaban J connectivity index is 1.44. The summed E-state index contributed by atoms with van der Waals surface area (Å²) < 4.78 is 4.98. The van der Waals surface area contributed by atoms with E-state index in [1.165, 1.54) is 6.26 Å². The molecule has 142 valence electrons. The van der Waals surface area contributed by atoms with Crippen molar-refractivity contribution in [3.05, 3.63) is 84.1 Å². The normalized spacial score (nSPS) is 10.1. The van der Waals surface area contributed by atoms with Crippen LogP contribution in [-0.4, -0.2) is 35.8 Å². The van der Waals surface area contributed by atoms with Gasteiger partial charge in [-0.3, -0.25) is 19.4 Å². The van der Waals surface area contributed by atoms with Crippen LogP contribution in [0, 0.1) is 0 Å². The highest BCUT2D eigenvalue weighted by atomic mass is 16.3. The summed E-state index contributed by atoms with van der Waals surface area (Å²) in [6.45, 7) is 0.539. The van der Waals surface area contributed by atoms with Crippen molar-refractivity contribution in [2.75, 3.05) is 18.4 Å². The first kappa shape index (κ1) is 18.8. The van der Waals surface area contributed by atoms with Gasteiger partial charge in [-0.25, -0.2) is 0 Å². The molecule has 2 aromatic heterocycles. The lowest BCUT2D eigenvalue weighted by Gasteiger charge is -2.08. The summed E-state index contributed by atoms with van der Waals surface area (Å²) in [5.41, 5.74) is 1.51. The lowest BCUT2D eigenvalue weighted by Crippen LogP contribution is -2.34. The van der Waals surface area contributed by atoms with E-state index in [9.17, 15) is 14.4 Å². The number of nitrogens with zero attached hydrogens (tertiary/aromatic N) is 1. The minimum absolute atomic E-state index is 0.218. The zero-order valence-corrected chi connectivity index (χ0v) is 14.8. The van der Waals surface area contributed by atoms with E-state index in [0.29, 0.717) is 16.8 Å². The van der Waals surface area contributed by atoms with Crippen molar-refractivity contribution in [2.24, 2.45) is 0 Å². The molecule has 28 heavy (non-hydrogen) atoms. The Hall–Kier alpha value is -3.94. The van der Waals surface area contributed by atoms with E-state index in [1.54, 1.807) is 60.9 Å². The van der Waals surface area contributed by atoms with Crippen molar-refractivity contribution in [1.82, 2.24) is 15.6 Å². The monoisotopic (exact) mass is 378 g/mol. The predicted molar refractivity (Wildman–Crippen MR) is 102 cm³/mol. The molecule has 3 aromatic rings. The topological polar surface area (TPSA) is 113 Å². The maximum Gasteiger partial charge on any atom is 0.287 e. The molecule has 0 spiro atoms. The average Bonchev–Trinajstić information content (AvgIpc) is 3.27. The molecule has 0 saturated heterocycles. The van der Waals surface area contributed by atoms with Gasteiger partial charge >= 0.3 is 0 Å². The molecule has 0 aliphatic rings. The van der Waals surface area contributed by atoms with E-state index < -0.39 is 0 Å². The zero-order chi connectivity index (χ0) is 19.8. The van der Waals surface area contributed by atoms with Crippen LogP contribution in [-0.2, 0) is 0 Å². The second-order valence-electron chi connectivity index (χ2n) is 5.76. The molecule has 0 atom stereocenters. The lowest BCUT2D eigenvalue weighted by molar-refractivity contribution is 0.0910. The van der Waals surface area contributed by atoms with Gasteiger partial charge in [0.1, 0.15) is 0 Å². The summed E-state index contributed by atoms with van der Waals surface area (Å²) >= 11 is 0. The number of furan rings is 1. The standard InChI is InChI=1S/C20H18N4O4/c25-18(22-11-12-23-20(27)17-2-1-13-28-17)14-3-5-16(6-4-14)24-19(26)15-7-9-21-10-8-15/h1-10,13H,11-12H2,(H,22,25)(H,23,27)(H,24,26). The summed E-state index contributed by atoms with van der Waals surface area (Å²) in [5.74, 6) is -0.657. The SMILES string of the molecule is O=C(NCCNC(=O)c1ccco1)c1ccc(NC(=O)c2ccncc2)cc1. The second kappa shape index (κ2) is 9.13. The minimum Gasteiger partial charge on any atom is -0.459 e. The van der Waals surface area contributed by atoms with Gasteiger partial charge in [0.25, 0.3) is 17.7 Å². The third kappa shape index (κ3) is 5.04. The Bertz CT molecular complexity index is 938. The van der Waals surface area contributed by atoms with Crippen molar-refractivity contribution in [3.63, 3.8) is 0 Å². The van der Waals surface area contributed by atoms with Crippen LogP contribution in [0.4, 0.5) is 5.69 Å². The summed E-state index contributed by atoms with van der Waals surface area (Å²) in [6.07, 6.45) is 4.50. The Kier molecular flexibility index (Phi) is 6.14. The number of pyridine rings is 1. The molecule has 3 rings (SSSR count). The van der Waals surface area contributed by atoms with Gasteiger partial charge < -0.3 is 20.4 Å². The maximum absolute atomic E-state index is 12.1. The number of anilines is 1. The van der Waals surface area contributed by atoms with Crippen LogP contribution in [0.3, 0.4) is 0 Å². The number of nitrogens with one attached hydrogen (secondary N) is 3. The van der Waals surface area contributed by atoms with Crippen molar-refractivity contribution in [2.45, 2.75) is 0 Å². The first-order valence-electron chi connectivity index (χ1n) is 8.55. The summed E-state index contributed by atoms with van der Waals surface area (Å²) in [7, 11) is 0. The molecule has 0 fully saturated rings. The summed E-state index contributed by atoms with van der Waals surface area (Å²) in [4.78, 5) is 39.8. The molecular weight excluding hydrogens is 360 g/mol. The maximum atomic E-state index is 12.1. The number of amides is 3. The van der Waals surface area contributed by atoms with Crippen molar-refractivity contribution >= 4 is 23.4 Å². The molecule has 2 heterocycles. The molecule has 3 N–H and O–H groups in total. The summed E-state index contributed by atoms with van der Waals surface area (Å²) in [5, 5.41) is 8.09. The van der Waals surface area contributed by atoms with Crippen LogP contribution in [0.15, 0.2) is 71.6 Å². The van der Waals surface area contributed by atoms with E-state index in [1.807, 2.05) is 0 Å². The van der Waals surface area contributed by atoms with Gasteiger partial charge in [0.05, 0.1) is 6.26 Å². The number of aromatic nitrogens is 1. The zero-order valence-electron chi connectivity index (χ0n) is 14.8. The van der Waals surface area contributed by atoms with Crippen LogP contribution in [0.2, 0.25) is 0 Å². The molecule has 0 aliphatic heterocycles. The average molecular weight is 378 g/mol. The number of hydrogen-bond donors (Lipinski definition) is 3. The molecule has 8 nitrogen and oxygen atoms in total. The third-order valence-corrected chi connectivity index (χ3v) is 3.79. The van der Waals surface area contributed by atoms with Gasteiger partial charge in [-0.15, -0.1) is 0 Å². The Morgan fingerprint density at radius 1 is 0.786 bits per heavy atom. The number of rotatable bonds is 7. The number of carbonyl (C=O) groups excluding carboxylic acids is 3. The molecule has 1 aromatic carbocycles. The van der Waals surface area contributed by atoms with E-state index in [-0.39, 0.29) is 36.6 Å². The molecule has 0 unspecified atom stereocenters. The number of benzene rings is 1. The van der Waals surface area contributed by atoms with E-state index in [4.69, 9.17) is 4.42 Å². The van der Waals surface area contributed by atoms with Crippen LogP contribution in [0.25, 0.3) is 0 Å². The van der Waals surface area contributed by atoms with Crippen LogP contribution in [0.5, 0.6) is 0 Å². The van der Waals surface area contributed by atoms with Crippen molar-refractivity contribution < 1.29 is 18.8 Å². The second-order valence-corrected chi connectivity index (χ2v) is 5.76. The van der Waals surface area contributed by atoms with E-state index in [0.717, 1.165) is 0 Å². The minimum atomic E-state index is -0.339. The molecule has 0 bridgehead atoms. The third-order valence-electron chi connectivity index (χ3n) is 3.79. The summed E-state index contributed by atoms with van der Waals surface area (Å²) in [6, 6.07) is 12.9. The smallest absolute Gasteiger partial charge is 0.287 e. The van der Waals surface area contributed by atoms with Crippen LogP contribution >= 0.6 is 0 Å². The highest BCUT2D eigenvalue weighted by molar-refractivity contribution is 6.04. The van der Waals surface area contributed by atoms with Crippen LogP contribution in [0.1, 0.15) is 31.3 Å². The van der Waals surface area contributed by atoms with Gasteiger partial charge in [-0.1, -0.05) is 0 Å². The Morgan fingerprint density at radius 3 is 2.07 bits per heavy atom. The molecule has 8 heteroatoms. The van der Waals surface area contributed by atoms with Gasteiger partial charge in [-0.2, -0.15) is 0 Å². The van der Waals surface area contributed by atoms with Crippen molar-refractivity contribution in [3.8, 4) is 0 Å². The van der Waals surface area contributed by atoms with Gasteiger partial charge in [0.2, 0.25) is 0 Å². The van der Waals surface area contributed by atoms with E-state index >= 15 is 0 Å². The molecular formula is C20H18N4O4.